The van der Waals surface area contributed by atoms with Gasteiger partial charge in [0.1, 0.15) is 0 Å². The first kappa shape index (κ1) is 17.8. The number of amides is 1. The first-order valence-corrected chi connectivity index (χ1v) is 8.28. The summed E-state index contributed by atoms with van der Waals surface area (Å²) < 4.78 is 12.3. The second kappa shape index (κ2) is 7.88. The van der Waals surface area contributed by atoms with Gasteiger partial charge in [-0.3, -0.25) is 4.79 Å². The van der Waals surface area contributed by atoms with Crippen molar-refractivity contribution in [3.8, 4) is 17.3 Å². The van der Waals surface area contributed by atoms with Crippen LogP contribution in [0.4, 0.5) is 5.69 Å². The van der Waals surface area contributed by atoms with E-state index in [1.807, 2.05) is 6.92 Å². The third-order valence-electron chi connectivity index (χ3n) is 3.54. The second-order valence-electron chi connectivity index (χ2n) is 5.20. The van der Waals surface area contributed by atoms with Crippen LogP contribution >= 0.6 is 11.6 Å². The maximum absolute atomic E-state index is 12.7. The molecule has 0 aliphatic heterocycles. The Labute approximate surface area is 155 Å². The summed E-state index contributed by atoms with van der Waals surface area (Å²) in [5, 5.41) is 7.27. The Kier molecular flexibility index (Phi) is 5.38. The maximum Gasteiger partial charge on any atom is 0.255 e. The van der Waals surface area contributed by atoms with Crippen LogP contribution in [-0.4, -0.2) is 34.4 Å². The van der Waals surface area contributed by atoms with Crippen LogP contribution in [0, 0.1) is 0 Å². The van der Waals surface area contributed by atoms with Crippen molar-refractivity contribution in [2.45, 2.75) is 6.92 Å². The second-order valence-corrected chi connectivity index (χ2v) is 5.61. The largest absolute Gasteiger partial charge is 0.493 e. The van der Waals surface area contributed by atoms with Gasteiger partial charge in [0.2, 0.25) is 0 Å². The van der Waals surface area contributed by atoms with Gasteiger partial charge in [-0.25, -0.2) is 9.67 Å². The molecular formula is C18H17ClN4O3. The molecule has 0 fully saturated rings. The fourth-order valence-electron chi connectivity index (χ4n) is 2.40. The van der Waals surface area contributed by atoms with Gasteiger partial charge in [-0.15, -0.1) is 0 Å². The zero-order chi connectivity index (χ0) is 18.5. The lowest BCUT2D eigenvalue weighted by molar-refractivity contribution is 0.102. The van der Waals surface area contributed by atoms with Crippen LogP contribution in [0.1, 0.15) is 17.3 Å². The lowest BCUT2D eigenvalue weighted by atomic mass is 10.1. The Morgan fingerprint density at radius 1 is 1.31 bits per heavy atom. The van der Waals surface area contributed by atoms with Crippen molar-refractivity contribution in [2.24, 2.45) is 0 Å². The number of hydrogen-bond donors (Lipinski definition) is 1. The summed E-state index contributed by atoms with van der Waals surface area (Å²) in [7, 11) is 1.49. The molecule has 3 aromatic rings. The molecule has 0 aliphatic rings. The molecule has 7 nitrogen and oxygen atoms in total. The SMILES string of the molecule is CCOc1c(Cl)cc(C(=O)Nc2cccnc2-n2cccn2)cc1OC. The minimum atomic E-state index is -0.352. The number of nitrogens with zero attached hydrogens (tertiary/aromatic N) is 3. The van der Waals surface area contributed by atoms with Crippen molar-refractivity contribution in [1.29, 1.82) is 0 Å². The Morgan fingerprint density at radius 3 is 2.85 bits per heavy atom. The molecule has 134 valence electrons. The minimum absolute atomic E-state index is 0.301. The predicted octanol–water partition coefficient (Wildman–Crippen LogP) is 3.58. The summed E-state index contributed by atoms with van der Waals surface area (Å²) in [4.78, 5) is 17.0. The van der Waals surface area contributed by atoms with E-state index in [1.165, 1.54) is 13.2 Å². The molecule has 2 aromatic heterocycles. The van der Waals surface area contributed by atoms with Gasteiger partial charge in [0.25, 0.3) is 5.91 Å². The van der Waals surface area contributed by atoms with Gasteiger partial charge in [-0.05, 0) is 37.3 Å². The van der Waals surface area contributed by atoms with Crippen LogP contribution in [0.15, 0.2) is 48.9 Å². The molecule has 0 radical (unpaired) electrons. The van der Waals surface area contributed by atoms with Gasteiger partial charge in [-0.1, -0.05) is 11.6 Å². The van der Waals surface area contributed by atoms with Crippen molar-refractivity contribution in [2.75, 3.05) is 19.0 Å². The average molecular weight is 373 g/mol. The number of methoxy groups -OCH3 is 1. The monoisotopic (exact) mass is 372 g/mol. The molecule has 3 rings (SSSR count). The van der Waals surface area contributed by atoms with Crippen LogP contribution in [0.5, 0.6) is 11.5 Å². The van der Waals surface area contributed by atoms with E-state index in [9.17, 15) is 4.79 Å². The van der Waals surface area contributed by atoms with Crippen LogP contribution in [0.25, 0.3) is 5.82 Å². The Balaban J connectivity index is 1.91. The highest BCUT2D eigenvalue weighted by Gasteiger charge is 2.17. The highest BCUT2D eigenvalue weighted by atomic mass is 35.5. The van der Waals surface area contributed by atoms with E-state index in [0.717, 1.165) is 0 Å². The quantitative estimate of drug-likeness (QED) is 0.715. The maximum atomic E-state index is 12.7. The van der Waals surface area contributed by atoms with Crippen molar-refractivity contribution >= 4 is 23.2 Å². The fraction of sp³-hybridized carbons (Fsp3) is 0.167. The highest BCUT2D eigenvalue weighted by molar-refractivity contribution is 6.32. The highest BCUT2D eigenvalue weighted by Crippen LogP contribution is 2.36. The first-order valence-electron chi connectivity index (χ1n) is 7.90. The van der Waals surface area contributed by atoms with Gasteiger partial charge < -0.3 is 14.8 Å². The third kappa shape index (κ3) is 3.62. The summed E-state index contributed by atoms with van der Waals surface area (Å²) in [6.07, 6.45) is 5.01. The molecule has 1 N–H and O–H groups in total. The summed E-state index contributed by atoms with van der Waals surface area (Å²) in [6, 6.07) is 8.37. The molecule has 0 bridgehead atoms. The molecule has 0 saturated heterocycles. The molecule has 0 saturated carbocycles. The first-order chi connectivity index (χ1) is 12.6. The number of nitrogens with one attached hydrogen (secondary N) is 1. The number of anilines is 1. The number of hydrogen-bond acceptors (Lipinski definition) is 5. The average Bonchev–Trinajstić information content (AvgIpc) is 3.18. The van der Waals surface area contributed by atoms with Gasteiger partial charge in [0, 0.05) is 24.2 Å². The van der Waals surface area contributed by atoms with Crippen LogP contribution in [-0.2, 0) is 0 Å². The van der Waals surface area contributed by atoms with Gasteiger partial charge >= 0.3 is 0 Å². The molecule has 1 amide bonds. The third-order valence-corrected chi connectivity index (χ3v) is 3.82. The molecule has 1 aromatic carbocycles. The van der Waals surface area contributed by atoms with E-state index >= 15 is 0 Å². The lowest BCUT2D eigenvalue weighted by Crippen LogP contribution is -2.15. The predicted molar refractivity (Wildman–Crippen MR) is 98.5 cm³/mol. The Bertz CT molecular complexity index is 913. The van der Waals surface area contributed by atoms with Crippen LogP contribution in [0.2, 0.25) is 5.02 Å². The van der Waals surface area contributed by atoms with Crippen molar-refractivity contribution in [3.05, 3.63) is 59.5 Å². The zero-order valence-corrected chi connectivity index (χ0v) is 15.0. The van der Waals surface area contributed by atoms with Crippen molar-refractivity contribution < 1.29 is 14.3 Å². The van der Waals surface area contributed by atoms with E-state index in [-0.39, 0.29) is 5.91 Å². The number of aromatic nitrogens is 3. The standard InChI is InChI=1S/C18H17ClN4O3/c1-3-26-16-13(19)10-12(11-15(16)25-2)18(24)22-14-6-4-7-20-17(14)23-9-5-8-21-23/h4-11H,3H2,1-2H3,(H,22,24). The summed E-state index contributed by atoms with van der Waals surface area (Å²) >= 11 is 6.24. The molecule has 0 unspecified atom stereocenters. The van der Waals surface area contributed by atoms with Crippen LogP contribution in [0.3, 0.4) is 0 Å². The smallest absolute Gasteiger partial charge is 0.255 e. The summed E-state index contributed by atoms with van der Waals surface area (Å²) in [6.45, 7) is 2.28. The number of ether oxygens (including phenoxy) is 2. The van der Waals surface area contributed by atoms with Gasteiger partial charge in [0.15, 0.2) is 17.3 Å². The molecule has 0 aliphatic carbocycles. The van der Waals surface area contributed by atoms with E-state index in [0.29, 0.717) is 40.2 Å². The molecule has 26 heavy (non-hydrogen) atoms. The topological polar surface area (TPSA) is 78.3 Å². The van der Waals surface area contributed by atoms with E-state index in [4.69, 9.17) is 21.1 Å². The van der Waals surface area contributed by atoms with Crippen molar-refractivity contribution in [1.82, 2.24) is 14.8 Å². The summed E-state index contributed by atoms with van der Waals surface area (Å²) in [5.41, 5.74) is 0.857. The lowest BCUT2D eigenvalue weighted by Gasteiger charge is -2.14. The van der Waals surface area contributed by atoms with E-state index in [2.05, 4.69) is 15.4 Å². The van der Waals surface area contributed by atoms with Crippen LogP contribution < -0.4 is 14.8 Å². The zero-order valence-electron chi connectivity index (χ0n) is 14.3. The number of benzene rings is 1. The normalized spacial score (nSPS) is 10.4. The molecule has 8 heteroatoms. The Hall–Kier alpha value is -3.06. The number of pyridine rings is 1. The fourth-order valence-corrected chi connectivity index (χ4v) is 2.67. The molecule has 0 atom stereocenters. The number of carbonyl (C=O) groups excluding carboxylic acids is 1. The van der Waals surface area contributed by atoms with E-state index in [1.54, 1.807) is 47.5 Å². The molecular weight excluding hydrogens is 356 g/mol. The van der Waals surface area contributed by atoms with E-state index < -0.39 is 0 Å². The molecule has 0 spiro atoms. The van der Waals surface area contributed by atoms with Gasteiger partial charge in [0.05, 0.1) is 24.4 Å². The minimum Gasteiger partial charge on any atom is -0.493 e. The van der Waals surface area contributed by atoms with Gasteiger partial charge in [-0.2, -0.15) is 5.10 Å². The number of rotatable bonds is 6. The number of carbonyl (C=O) groups is 1. The summed E-state index contributed by atoms with van der Waals surface area (Å²) in [5.74, 6) is 0.958. The molecule has 2 heterocycles. The number of halogens is 1. The van der Waals surface area contributed by atoms with Crippen molar-refractivity contribution in [3.63, 3.8) is 0 Å². The Morgan fingerprint density at radius 2 is 2.15 bits per heavy atom.